The third-order valence-corrected chi connectivity index (χ3v) is 4.48. The minimum absolute atomic E-state index is 0.116. The molecule has 0 N–H and O–H groups in total. The van der Waals surface area contributed by atoms with E-state index in [0.29, 0.717) is 17.2 Å². The molecule has 2 aliphatic heterocycles. The van der Waals surface area contributed by atoms with Gasteiger partial charge in [0, 0.05) is 30.4 Å². The molecule has 2 amide bonds. The number of rotatable bonds is 4. The molecule has 0 atom stereocenters. The van der Waals surface area contributed by atoms with Crippen LogP contribution in [-0.4, -0.2) is 48.9 Å². The predicted octanol–water partition coefficient (Wildman–Crippen LogP) is 1.61. The second-order valence-electron chi connectivity index (χ2n) is 6.15. The number of benzene rings is 2. The molecule has 0 aromatic heterocycles. The second-order valence-corrected chi connectivity index (χ2v) is 6.15. The monoisotopic (exact) mass is 370 g/mol. The molecule has 0 spiro atoms. The maximum absolute atomic E-state index is 13.0. The zero-order valence-electron chi connectivity index (χ0n) is 14.2. The lowest BCUT2D eigenvalue weighted by Crippen LogP contribution is -2.55. The summed E-state index contributed by atoms with van der Waals surface area (Å²) < 4.78 is 23.5. The summed E-state index contributed by atoms with van der Waals surface area (Å²) in [6.07, 6.45) is 0. The molecule has 138 valence electrons. The van der Waals surface area contributed by atoms with Crippen LogP contribution in [0.25, 0.3) is 0 Å². The van der Waals surface area contributed by atoms with Crippen LogP contribution in [0.3, 0.4) is 0 Å². The zero-order valence-corrected chi connectivity index (χ0v) is 14.2. The van der Waals surface area contributed by atoms with Crippen molar-refractivity contribution in [2.75, 3.05) is 31.3 Å². The van der Waals surface area contributed by atoms with E-state index in [1.54, 1.807) is 18.2 Å². The highest BCUT2D eigenvalue weighted by atomic mass is 19.1. The van der Waals surface area contributed by atoms with E-state index in [1.165, 1.54) is 34.1 Å². The number of carbonyl (C=O) groups excluding carboxylic acids is 3. The molecule has 2 aliphatic rings. The van der Waals surface area contributed by atoms with E-state index in [4.69, 9.17) is 9.47 Å². The minimum Gasteiger partial charge on any atom is -0.454 e. The Hall–Kier alpha value is -3.42. The van der Waals surface area contributed by atoms with E-state index in [9.17, 15) is 18.8 Å². The van der Waals surface area contributed by atoms with Gasteiger partial charge in [-0.05, 0) is 36.4 Å². The first-order valence-electron chi connectivity index (χ1n) is 8.32. The highest BCUT2D eigenvalue weighted by Gasteiger charge is 2.35. The first kappa shape index (κ1) is 17.0. The standard InChI is InChI=1S/C19H15FN2O5/c20-13-3-1-12(2-4-13)15(23)10-21-7-8-22(19(25)18(21)24)14-5-6-16-17(9-14)27-11-26-16/h1-6,9H,7-8,10-11H2. The molecule has 8 heteroatoms. The van der Waals surface area contributed by atoms with Crippen LogP contribution >= 0.6 is 0 Å². The van der Waals surface area contributed by atoms with Crippen molar-refractivity contribution < 1.29 is 28.2 Å². The fraction of sp³-hybridized carbons (Fsp3) is 0.211. The molecule has 2 aromatic rings. The van der Waals surface area contributed by atoms with Gasteiger partial charge in [-0.15, -0.1) is 0 Å². The lowest BCUT2D eigenvalue weighted by Gasteiger charge is -2.33. The number of anilines is 1. The van der Waals surface area contributed by atoms with E-state index in [1.807, 2.05) is 0 Å². The maximum Gasteiger partial charge on any atom is 0.316 e. The predicted molar refractivity (Wildman–Crippen MR) is 92.2 cm³/mol. The zero-order chi connectivity index (χ0) is 19.0. The Labute approximate surface area is 153 Å². The molecule has 2 aromatic carbocycles. The Morgan fingerprint density at radius 1 is 0.963 bits per heavy atom. The fourth-order valence-electron chi connectivity index (χ4n) is 3.03. The number of nitrogens with zero attached hydrogens (tertiary/aromatic N) is 2. The Balaban J connectivity index is 1.46. The first-order valence-corrected chi connectivity index (χ1v) is 8.32. The summed E-state index contributed by atoms with van der Waals surface area (Å²) in [5, 5.41) is 0. The van der Waals surface area contributed by atoms with Crippen molar-refractivity contribution in [1.82, 2.24) is 4.90 Å². The number of Topliss-reactive ketones (excluding diaryl/α,β-unsaturated/α-hetero) is 1. The van der Waals surface area contributed by atoms with Crippen LogP contribution < -0.4 is 14.4 Å². The third-order valence-electron chi connectivity index (χ3n) is 4.48. The SMILES string of the molecule is O=C(CN1CCN(c2ccc3c(c2)OCO3)C(=O)C1=O)c1ccc(F)cc1. The average Bonchev–Trinajstić information content (AvgIpc) is 3.14. The van der Waals surface area contributed by atoms with Gasteiger partial charge in [-0.25, -0.2) is 4.39 Å². The summed E-state index contributed by atoms with van der Waals surface area (Å²) in [7, 11) is 0. The van der Waals surface area contributed by atoms with Crippen LogP contribution in [0.15, 0.2) is 42.5 Å². The number of hydrogen-bond donors (Lipinski definition) is 0. The van der Waals surface area contributed by atoms with Crippen molar-refractivity contribution in [2.45, 2.75) is 0 Å². The van der Waals surface area contributed by atoms with Crippen molar-refractivity contribution in [3.05, 3.63) is 53.8 Å². The van der Waals surface area contributed by atoms with Crippen molar-refractivity contribution >= 4 is 23.3 Å². The summed E-state index contributed by atoms with van der Waals surface area (Å²) in [5.41, 5.74) is 0.817. The molecule has 7 nitrogen and oxygen atoms in total. The molecule has 0 radical (unpaired) electrons. The fourth-order valence-corrected chi connectivity index (χ4v) is 3.03. The number of fused-ring (bicyclic) bond motifs is 1. The van der Waals surface area contributed by atoms with E-state index < -0.39 is 17.6 Å². The number of hydrogen-bond acceptors (Lipinski definition) is 5. The number of amides is 2. The Bertz CT molecular complexity index is 928. The molecular weight excluding hydrogens is 355 g/mol. The van der Waals surface area contributed by atoms with Crippen LogP contribution in [0.1, 0.15) is 10.4 Å². The van der Waals surface area contributed by atoms with E-state index in [-0.39, 0.29) is 37.8 Å². The smallest absolute Gasteiger partial charge is 0.316 e. The molecule has 0 unspecified atom stereocenters. The molecule has 4 rings (SSSR count). The van der Waals surface area contributed by atoms with E-state index >= 15 is 0 Å². The van der Waals surface area contributed by atoms with Crippen LogP contribution in [-0.2, 0) is 9.59 Å². The highest BCUT2D eigenvalue weighted by Crippen LogP contribution is 2.35. The summed E-state index contributed by atoms with van der Waals surface area (Å²) in [6, 6.07) is 10.1. The van der Waals surface area contributed by atoms with Crippen molar-refractivity contribution in [3.63, 3.8) is 0 Å². The van der Waals surface area contributed by atoms with Gasteiger partial charge in [0.1, 0.15) is 5.82 Å². The number of piperazine rings is 1. The molecule has 2 heterocycles. The average molecular weight is 370 g/mol. The van der Waals surface area contributed by atoms with Crippen LogP contribution in [0, 0.1) is 5.82 Å². The number of halogens is 1. The van der Waals surface area contributed by atoms with Crippen LogP contribution in [0.2, 0.25) is 0 Å². The molecule has 0 saturated carbocycles. The number of ketones is 1. The quantitative estimate of drug-likeness (QED) is 0.604. The van der Waals surface area contributed by atoms with Gasteiger partial charge < -0.3 is 19.3 Å². The van der Waals surface area contributed by atoms with Gasteiger partial charge in [0.05, 0.1) is 6.54 Å². The van der Waals surface area contributed by atoms with Gasteiger partial charge >= 0.3 is 11.8 Å². The number of carbonyl (C=O) groups is 3. The molecule has 0 aliphatic carbocycles. The summed E-state index contributed by atoms with van der Waals surface area (Å²) >= 11 is 0. The van der Waals surface area contributed by atoms with Gasteiger partial charge in [-0.1, -0.05) is 0 Å². The molecule has 1 fully saturated rings. The lowest BCUT2D eigenvalue weighted by atomic mass is 10.1. The first-order chi connectivity index (χ1) is 13.0. The largest absolute Gasteiger partial charge is 0.454 e. The second kappa shape index (κ2) is 6.71. The van der Waals surface area contributed by atoms with Gasteiger partial charge in [0.2, 0.25) is 6.79 Å². The van der Waals surface area contributed by atoms with Gasteiger partial charge in [-0.2, -0.15) is 0 Å². The topological polar surface area (TPSA) is 76.2 Å². The molecule has 0 bridgehead atoms. The van der Waals surface area contributed by atoms with Crippen molar-refractivity contribution in [2.24, 2.45) is 0 Å². The Morgan fingerprint density at radius 2 is 1.70 bits per heavy atom. The summed E-state index contributed by atoms with van der Waals surface area (Å²) in [5.74, 6) is -1.17. The van der Waals surface area contributed by atoms with Crippen molar-refractivity contribution in [1.29, 1.82) is 0 Å². The maximum atomic E-state index is 13.0. The summed E-state index contributed by atoms with van der Waals surface area (Å²) in [4.78, 5) is 39.8. The molecular formula is C19H15FN2O5. The van der Waals surface area contributed by atoms with Crippen LogP contribution in [0.4, 0.5) is 10.1 Å². The minimum atomic E-state index is -0.755. The Kier molecular flexibility index (Phi) is 4.23. The third kappa shape index (κ3) is 3.21. The van der Waals surface area contributed by atoms with Gasteiger partial charge in [0.15, 0.2) is 17.3 Å². The highest BCUT2D eigenvalue weighted by molar-refractivity contribution is 6.41. The molecule has 27 heavy (non-hydrogen) atoms. The molecule has 1 saturated heterocycles. The van der Waals surface area contributed by atoms with Crippen LogP contribution in [0.5, 0.6) is 11.5 Å². The normalized spacial score (nSPS) is 16.0. The van der Waals surface area contributed by atoms with E-state index in [2.05, 4.69) is 0 Å². The van der Waals surface area contributed by atoms with Gasteiger partial charge in [0.25, 0.3) is 0 Å². The Morgan fingerprint density at radius 3 is 2.48 bits per heavy atom. The number of ether oxygens (including phenoxy) is 2. The van der Waals surface area contributed by atoms with Gasteiger partial charge in [-0.3, -0.25) is 14.4 Å². The summed E-state index contributed by atoms with van der Waals surface area (Å²) in [6.45, 7) is 0.350. The van der Waals surface area contributed by atoms with E-state index in [0.717, 1.165) is 0 Å². The van der Waals surface area contributed by atoms with Crippen molar-refractivity contribution in [3.8, 4) is 11.5 Å². The lowest BCUT2D eigenvalue weighted by molar-refractivity contribution is -0.145.